The summed E-state index contributed by atoms with van der Waals surface area (Å²) >= 11 is 0. The minimum absolute atomic E-state index is 0.0736. The molecule has 0 spiro atoms. The lowest BCUT2D eigenvalue weighted by Crippen LogP contribution is -2.10. The Labute approximate surface area is 141 Å². The first-order valence-corrected chi connectivity index (χ1v) is 7.48. The van der Waals surface area contributed by atoms with Crippen LogP contribution in [-0.4, -0.2) is 35.5 Å². The van der Waals surface area contributed by atoms with E-state index < -0.39 is 5.97 Å². The first kappa shape index (κ1) is 14.9. The van der Waals surface area contributed by atoms with Gasteiger partial charge in [0.1, 0.15) is 5.82 Å². The number of ether oxygens (including phenoxy) is 1. The number of fused-ring (bicyclic) bond motifs is 2. The fourth-order valence-electron chi connectivity index (χ4n) is 2.40. The fraction of sp³-hybridized carbons (Fsp3) is 0.125. The van der Waals surface area contributed by atoms with E-state index in [4.69, 9.17) is 10.5 Å². The topological polar surface area (TPSA) is 121 Å². The molecule has 9 nitrogen and oxygen atoms in total. The van der Waals surface area contributed by atoms with E-state index in [-0.39, 0.29) is 12.4 Å². The molecule has 0 unspecified atom stereocenters. The highest BCUT2D eigenvalue weighted by molar-refractivity contribution is 5.88. The molecule has 124 valence electrons. The number of carbonyl (C=O) groups is 1. The van der Waals surface area contributed by atoms with Crippen molar-refractivity contribution in [1.29, 1.82) is 0 Å². The number of nitrogens with two attached hydrogens (primary N) is 1. The largest absolute Gasteiger partial charge is 0.452 e. The summed E-state index contributed by atoms with van der Waals surface area (Å²) in [5, 5.41) is 4.85. The molecule has 2 N–H and O–H groups in total. The molecular formula is C16H13N7O2. The monoisotopic (exact) mass is 335 g/mol. The van der Waals surface area contributed by atoms with Crippen LogP contribution >= 0.6 is 0 Å². The van der Waals surface area contributed by atoms with E-state index in [2.05, 4.69) is 25.0 Å². The van der Waals surface area contributed by atoms with Crippen LogP contribution in [0.25, 0.3) is 16.7 Å². The molecular weight excluding hydrogens is 322 g/mol. The van der Waals surface area contributed by atoms with Crippen LogP contribution in [0.1, 0.15) is 22.1 Å². The average molecular weight is 335 g/mol. The third kappa shape index (κ3) is 2.71. The Balaban J connectivity index is 1.56. The van der Waals surface area contributed by atoms with Crippen LogP contribution < -0.4 is 5.73 Å². The van der Waals surface area contributed by atoms with Crippen LogP contribution in [0.4, 0.5) is 5.82 Å². The molecule has 0 aliphatic carbocycles. The van der Waals surface area contributed by atoms with Gasteiger partial charge in [0.2, 0.25) is 0 Å². The molecule has 25 heavy (non-hydrogen) atoms. The predicted molar refractivity (Wildman–Crippen MR) is 88.6 cm³/mol. The standard InChI is InChI=1S/C16H13N7O2/c1-9-6-7-18-16-21-14(22-23(9)16)15(24)25-8-12-19-11-5-3-2-4-10(11)13(17)20-12/h2-7H,8H2,1H3,(H2,17,19,20). The van der Waals surface area contributed by atoms with Crippen molar-refractivity contribution in [2.75, 3.05) is 5.73 Å². The molecule has 0 amide bonds. The predicted octanol–water partition coefficient (Wildman–Crippen LogP) is 1.32. The van der Waals surface area contributed by atoms with E-state index in [1.165, 1.54) is 4.52 Å². The van der Waals surface area contributed by atoms with Gasteiger partial charge >= 0.3 is 5.97 Å². The number of esters is 1. The van der Waals surface area contributed by atoms with Crippen LogP contribution in [0.5, 0.6) is 0 Å². The molecule has 0 saturated carbocycles. The second-order valence-electron chi connectivity index (χ2n) is 5.35. The van der Waals surface area contributed by atoms with Gasteiger partial charge in [-0.15, -0.1) is 5.10 Å². The summed E-state index contributed by atoms with van der Waals surface area (Å²) in [5.74, 6) is 0.221. The van der Waals surface area contributed by atoms with Crippen molar-refractivity contribution in [3.05, 3.63) is 53.9 Å². The highest BCUT2D eigenvalue weighted by Gasteiger charge is 2.17. The summed E-state index contributed by atoms with van der Waals surface area (Å²) in [4.78, 5) is 28.8. The van der Waals surface area contributed by atoms with Crippen LogP contribution in [-0.2, 0) is 11.3 Å². The number of nitrogen functional groups attached to an aromatic ring is 1. The molecule has 3 aromatic heterocycles. The summed E-state index contributed by atoms with van der Waals surface area (Å²) in [6, 6.07) is 9.11. The summed E-state index contributed by atoms with van der Waals surface area (Å²) in [6.07, 6.45) is 1.60. The quantitative estimate of drug-likeness (QED) is 0.556. The number of aromatic nitrogens is 6. The van der Waals surface area contributed by atoms with Gasteiger partial charge < -0.3 is 10.5 Å². The van der Waals surface area contributed by atoms with Gasteiger partial charge in [-0.2, -0.15) is 4.98 Å². The maximum Gasteiger partial charge on any atom is 0.378 e. The van der Waals surface area contributed by atoms with Crippen LogP contribution in [0.2, 0.25) is 0 Å². The van der Waals surface area contributed by atoms with Crippen molar-refractivity contribution in [2.45, 2.75) is 13.5 Å². The maximum atomic E-state index is 12.2. The van der Waals surface area contributed by atoms with E-state index in [1.54, 1.807) is 12.3 Å². The molecule has 0 fully saturated rings. The lowest BCUT2D eigenvalue weighted by Gasteiger charge is -2.05. The van der Waals surface area contributed by atoms with E-state index >= 15 is 0 Å². The number of benzene rings is 1. The molecule has 3 heterocycles. The lowest BCUT2D eigenvalue weighted by atomic mass is 10.2. The SMILES string of the molecule is Cc1ccnc2nc(C(=O)OCc3nc(N)c4ccccc4n3)nn12. The maximum absolute atomic E-state index is 12.2. The van der Waals surface area contributed by atoms with Gasteiger partial charge in [0.15, 0.2) is 12.4 Å². The van der Waals surface area contributed by atoms with Crippen LogP contribution in [0.3, 0.4) is 0 Å². The zero-order valence-electron chi connectivity index (χ0n) is 13.2. The van der Waals surface area contributed by atoms with Gasteiger partial charge in [-0.05, 0) is 25.1 Å². The van der Waals surface area contributed by atoms with Gasteiger partial charge in [-0.25, -0.2) is 24.3 Å². The Kier molecular flexibility index (Phi) is 3.46. The number of aryl methyl sites for hydroxylation is 1. The molecule has 0 aliphatic rings. The first-order chi connectivity index (χ1) is 12.1. The molecule has 0 atom stereocenters. The number of nitrogens with zero attached hydrogens (tertiary/aromatic N) is 6. The van der Waals surface area contributed by atoms with Crippen LogP contribution in [0, 0.1) is 6.92 Å². The van der Waals surface area contributed by atoms with Gasteiger partial charge in [0.05, 0.1) is 5.52 Å². The fourth-order valence-corrected chi connectivity index (χ4v) is 2.40. The average Bonchev–Trinajstić information content (AvgIpc) is 3.06. The smallest absolute Gasteiger partial charge is 0.378 e. The number of hydrogen-bond acceptors (Lipinski definition) is 8. The Morgan fingerprint density at radius 2 is 2.04 bits per heavy atom. The second-order valence-corrected chi connectivity index (χ2v) is 5.35. The summed E-state index contributed by atoms with van der Waals surface area (Å²) < 4.78 is 6.68. The molecule has 0 bridgehead atoms. The Morgan fingerprint density at radius 3 is 2.88 bits per heavy atom. The van der Waals surface area contributed by atoms with E-state index in [0.29, 0.717) is 22.9 Å². The zero-order valence-corrected chi connectivity index (χ0v) is 13.2. The molecule has 1 aromatic carbocycles. The Morgan fingerprint density at radius 1 is 1.20 bits per heavy atom. The second kappa shape index (κ2) is 5.78. The van der Waals surface area contributed by atoms with Crippen molar-refractivity contribution in [1.82, 2.24) is 29.5 Å². The Hall–Kier alpha value is -3.62. The van der Waals surface area contributed by atoms with Crippen molar-refractivity contribution >= 4 is 28.5 Å². The summed E-state index contributed by atoms with van der Waals surface area (Å²) in [5.41, 5.74) is 7.41. The van der Waals surface area contributed by atoms with Crippen molar-refractivity contribution < 1.29 is 9.53 Å². The van der Waals surface area contributed by atoms with E-state index in [0.717, 1.165) is 11.1 Å². The zero-order chi connectivity index (χ0) is 17.4. The lowest BCUT2D eigenvalue weighted by molar-refractivity contribution is 0.0448. The molecule has 4 aromatic rings. The molecule has 0 saturated heterocycles. The van der Waals surface area contributed by atoms with Crippen molar-refractivity contribution in [2.24, 2.45) is 0 Å². The summed E-state index contributed by atoms with van der Waals surface area (Å²) in [6.45, 7) is 1.71. The molecule has 0 radical (unpaired) electrons. The van der Waals surface area contributed by atoms with Gasteiger partial charge in [0, 0.05) is 17.3 Å². The normalized spacial score (nSPS) is 11.1. The minimum Gasteiger partial charge on any atom is -0.452 e. The highest BCUT2D eigenvalue weighted by Crippen LogP contribution is 2.17. The van der Waals surface area contributed by atoms with Crippen molar-refractivity contribution in [3.63, 3.8) is 0 Å². The minimum atomic E-state index is -0.680. The van der Waals surface area contributed by atoms with Gasteiger partial charge in [-0.1, -0.05) is 12.1 Å². The van der Waals surface area contributed by atoms with Crippen LogP contribution in [0.15, 0.2) is 36.5 Å². The third-order valence-electron chi connectivity index (χ3n) is 3.62. The van der Waals surface area contributed by atoms with Gasteiger partial charge in [0.25, 0.3) is 11.6 Å². The molecule has 9 heteroatoms. The van der Waals surface area contributed by atoms with Crippen molar-refractivity contribution in [3.8, 4) is 0 Å². The number of carbonyl (C=O) groups excluding carboxylic acids is 1. The number of para-hydroxylation sites is 1. The first-order valence-electron chi connectivity index (χ1n) is 7.48. The number of hydrogen-bond donors (Lipinski definition) is 1. The number of anilines is 1. The van der Waals surface area contributed by atoms with Gasteiger partial charge in [-0.3, -0.25) is 0 Å². The number of rotatable bonds is 3. The summed E-state index contributed by atoms with van der Waals surface area (Å²) in [7, 11) is 0. The van der Waals surface area contributed by atoms with E-state index in [1.807, 2.05) is 31.2 Å². The molecule has 0 aliphatic heterocycles. The Bertz CT molecular complexity index is 1110. The molecule has 4 rings (SSSR count). The third-order valence-corrected chi connectivity index (χ3v) is 3.62. The van der Waals surface area contributed by atoms with E-state index in [9.17, 15) is 4.79 Å². The highest BCUT2D eigenvalue weighted by atomic mass is 16.5.